The number of amides is 4. The molecule has 2 aliphatic heterocycles. The summed E-state index contributed by atoms with van der Waals surface area (Å²) >= 11 is 0. The topological polar surface area (TPSA) is 195 Å². The molecule has 4 heterocycles. The smallest absolute Gasteiger partial charge is 0.272 e. The lowest BCUT2D eigenvalue weighted by Crippen LogP contribution is -2.58. The highest BCUT2D eigenvalue weighted by molar-refractivity contribution is 7.91. The molecule has 0 bridgehead atoms. The molecule has 17 heteroatoms. The fourth-order valence-electron chi connectivity index (χ4n) is 7.22. The molecular formula is C37H45FN8O7S. The molecule has 2 aromatic heterocycles. The number of aromatic nitrogens is 4. The van der Waals surface area contributed by atoms with Crippen molar-refractivity contribution in [3.05, 3.63) is 59.3 Å². The first kappa shape index (κ1) is 37.4. The molecular weight excluding hydrogens is 720 g/mol. The van der Waals surface area contributed by atoms with Crippen LogP contribution in [0.1, 0.15) is 86.6 Å². The Morgan fingerprint density at radius 3 is 2.57 bits per heavy atom. The molecule has 288 valence electrons. The molecule has 7 rings (SSSR count). The fraction of sp³-hybridized carbons (Fsp3) is 0.541. The van der Waals surface area contributed by atoms with Crippen LogP contribution >= 0.6 is 0 Å². The summed E-state index contributed by atoms with van der Waals surface area (Å²) < 4.78 is 49.3. The zero-order valence-electron chi connectivity index (χ0n) is 30.7. The van der Waals surface area contributed by atoms with E-state index < -0.39 is 73.9 Å². The summed E-state index contributed by atoms with van der Waals surface area (Å²) in [5.41, 5.74) is 0.494. The summed E-state index contributed by atoms with van der Waals surface area (Å²) in [6.45, 7) is 4.98. The number of fused-ring (bicyclic) bond motifs is 3. The summed E-state index contributed by atoms with van der Waals surface area (Å²) in [6.07, 6.45) is 7.08. The number of carbonyl (C=O) groups excluding carboxylic acids is 4. The van der Waals surface area contributed by atoms with Crippen molar-refractivity contribution < 1.29 is 36.7 Å². The standard InChI is InChI=1S/C37H45FN8O7S/c1-21-16-29(43-45(21)4)31(47)40-27-11-9-7-5-6-8-10-23-19-37(23,35(50)44-54(51,52)36(3)14-15-36)42-32(48)30-18-25(20-46(30)34(27)49)53-33-22(2)39-26-13-12-24(38)17-28(26)41-33/h8,10,12-13,16-17,23,25,27,30H,5-7,9,11,14-15,18-20H2,1-4H3,(H,40,47)(H,42,48)(H,44,50)/b10-8-/t23-,25-,27+,30+,37-/m1/s1. The van der Waals surface area contributed by atoms with Crippen LogP contribution in [-0.4, -0.2) is 91.7 Å². The van der Waals surface area contributed by atoms with E-state index in [4.69, 9.17) is 4.74 Å². The monoisotopic (exact) mass is 764 g/mol. The molecule has 2 aliphatic carbocycles. The Morgan fingerprint density at radius 1 is 1.07 bits per heavy atom. The Bertz CT molecular complexity index is 2150. The quantitative estimate of drug-likeness (QED) is 0.301. The zero-order chi connectivity index (χ0) is 38.6. The first-order valence-corrected chi connectivity index (χ1v) is 19.9. The number of benzene rings is 1. The van der Waals surface area contributed by atoms with E-state index in [0.29, 0.717) is 43.3 Å². The number of halogens is 1. The van der Waals surface area contributed by atoms with Gasteiger partial charge in [-0.1, -0.05) is 25.0 Å². The molecule has 1 aromatic carbocycles. The van der Waals surface area contributed by atoms with Crippen molar-refractivity contribution in [2.24, 2.45) is 13.0 Å². The maximum absolute atomic E-state index is 14.5. The number of carbonyl (C=O) groups is 4. The Labute approximate surface area is 312 Å². The third kappa shape index (κ3) is 7.29. The van der Waals surface area contributed by atoms with Crippen molar-refractivity contribution in [1.29, 1.82) is 0 Å². The van der Waals surface area contributed by atoms with Crippen LogP contribution in [0, 0.1) is 25.6 Å². The lowest BCUT2D eigenvalue weighted by Gasteiger charge is -2.30. The van der Waals surface area contributed by atoms with Crippen LogP contribution in [0.15, 0.2) is 36.4 Å². The van der Waals surface area contributed by atoms with Gasteiger partial charge >= 0.3 is 0 Å². The van der Waals surface area contributed by atoms with Crippen LogP contribution in [-0.2, 0) is 31.5 Å². The SMILES string of the molecule is Cc1nc2ccc(F)cc2nc1O[C@@H]1C[C@H]2C(=O)N[C@]3(C(=O)NS(=O)(=O)C4(C)CC4)C[C@H]3/C=C\CCCCC[C@H](NC(=O)c3cc(C)n(C)n3)C(=O)N2C1. The van der Waals surface area contributed by atoms with Crippen LogP contribution in [0.25, 0.3) is 11.0 Å². The van der Waals surface area contributed by atoms with Gasteiger partial charge < -0.3 is 20.3 Å². The predicted molar refractivity (Wildman–Crippen MR) is 194 cm³/mol. The van der Waals surface area contributed by atoms with Gasteiger partial charge in [0.05, 0.1) is 22.3 Å². The van der Waals surface area contributed by atoms with Crippen LogP contribution in [0.4, 0.5) is 4.39 Å². The normalized spacial score (nSPS) is 27.5. The molecule has 1 saturated heterocycles. The van der Waals surface area contributed by atoms with Crippen molar-refractivity contribution >= 4 is 44.7 Å². The first-order valence-electron chi connectivity index (χ1n) is 18.4. The number of allylic oxidation sites excluding steroid dienone is 1. The van der Waals surface area contributed by atoms with Crippen LogP contribution in [0.2, 0.25) is 0 Å². The molecule has 54 heavy (non-hydrogen) atoms. The van der Waals surface area contributed by atoms with Crippen LogP contribution in [0.5, 0.6) is 5.88 Å². The molecule has 15 nitrogen and oxygen atoms in total. The van der Waals surface area contributed by atoms with E-state index in [1.807, 2.05) is 12.2 Å². The lowest BCUT2D eigenvalue weighted by molar-refractivity contribution is -0.141. The van der Waals surface area contributed by atoms with Crippen molar-refractivity contribution in [3.63, 3.8) is 0 Å². The Morgan fingerprint density at radius 2 is 1.85 bits per heavy atom. The van der Waals surface area contributed by atoms with Crippen molar-refractivity contribution in [1.82, 2.24) is 40.0 Å². The number of ether oxygens (including phenoxy) is 1. The summed E-state index contributed by atoms with van der Waals surface area (Å²) in [6, 6.07) is 3.46. The third-order valence-electron chi connectivity index (χ3n) is 11.2. The highest BCUT2D eigenvalue weighted by Crippen LogP contribution is 2.47. The number of nitrogens with zero attached hydrogens (tertiary/aromatic N) is 5. The number of hydrogen-bond donors (Lipinski definition) is 3. The largest absolute Gasteiger partial charge is 0.471 e. The Balaban J connectivity index is 1.20. The molecule has 4 aliphatic rings. The van der Waals surface area contributed by atoms with Crippen molar-refractivity contribution in [2.45, 2.75) is 107 Å². The first-order chi connectivity index (χ1) is 25.6. The molecule has 3 N–H and O–H groups in total. The van der Waals surface area contributed by atoms with E-state index in [1.165, 1.54) is 23.1 Å². The number of aryl methyl sites for hydroxylation is 3. The van der Waals surface area contributed by atoms with E-state index in [-0.39, 0.29) is 36.5 Å². The fourth-order valence-corrected chi connectivity index (χ4v) is 8.53. The average molecular weight is 765 g/mol. The van der Waals surface area contributed by atoms with Gasteiger partial charge in [0.15, 0.2) is 0 Å². The lowest BCUT2D eigenvalue weighted by atomic mass is 10.0. The van der Waals surface area contributed by atoms with Gasteiger partial charge in [-0.25, -0.2) is 22.8 Å². The van der Waals surface area contributed by atoms with Gasteiger partial charge in [-0.2, -0.15) is 5.10 Å². The third-order valence-corrected chi connectivity index (χ3v) is 13.3. The zero-order valence-corrected chi connectivity index (χ0v) is 31.5. The maximum Gasteiger partial charge on any atom is 0.272 e. The van der Waals surface area contributed by atoms with E-state index in [0.717, 1.165) is 18.5 Å². The van der Waals surface area contributed by atoms with E-state index in [2.05, 4.69) is 30.4 Å². The molecule has 5 atom stereocenters. The van der Waals surface area contributed by atoms with E-state index in [9.17, 15) is 32.0 Å². The van der Waals surface area contributed by atoms with Crippen molar-refractivity contribution in [2.75, 3.05) is 6.54 Å². The second kappa shape index (κ2) is 14.0. The van der Waals surface area contributed by atoms with E-state index >= 15 is 0 Å². The minimum absolute atomic E-state index is 0.0193. The molecule has 2 saturated carbocycles. The van der Waals surface area contributed by atoms with Gasteiger partial charge in [-0.05, 0) is 77.5 Å². The number of rotatable bonds is 7. The molecule has 0 spiro atoms. The Kier molecular flexibility index (Phi) is 9.73. The van der Waals surface area contributed by atoms with Gasteiger partial charge in [-0.3, -0.25) is 28.6 Å². The maximum atomic E-state index is 14.5. The second-order valence-electron chi connectivity index (χ2n) is 15.3. The summed E-state index contributed by atoms with van der Waals surface area (Å²) in [5, 5.41) is 9.97. The molecule has 0 unspecified atom stereocenters. The van der Waals surface area contributed by atoms with Crippen molar-refractivity contribution in [3.8, 4) is 5.88 Å². The van der Waals surface area contributed by atoms with Gasteiger partial charge in [-0.15, -0.1) is 0 Å². The number of nitrogens with one attached hydrogen (secondary N) is 3. The molecule has 4 amide bonds. The minimum Gasteiger partial charge on any atom is -0.471 e. The van der Waals surface area contributed by atoms with E-state index in [1.54, 1.807) is 38.6 Å². The predicted octanol–water partition coefficient (Wildman–Crippen LogP) is 2.66. The summed E-state index contributed by atoms with van der Waals surface area (Å²) in [5.74, 6) is -3.41. The summed E-state index contributed by atoms with van der Waals surface area (Å²) in [4.78, 5) is 66.5. The van der Waals surface area contributed by atoms with Gasteiger partial charge in [0.25, 0.3) is 11.8 Å². The average Bonchev–Trinajstić information content (AvgIpc) is 3.95. The molecule has 3 fully saturated rings. The summed E-state index contributed by atoms with van der Waals surface area (Å²) in [7, 11) is -2.30. The Hall–Kier alpha value is -4.93. The van der Waals surface area contributed by atoms with Crippen LogP contribution < -0.4 is 20.1 Å². The van der Waals surface area contributed by atoms with Gasteiger partial charge in [0.2, 0.25) is 27.7 Å². The van der Waals surface area contributed by atoms with Gasteiger partial charge in [0, 0.05) is 31.1 Å². The number of sulfonamides is 1. The van der Waals surface area contributed by atoms with Gasteiger partial charge in [0.1, 0.15) is 40.9 Å². The van der Waals surface area contributed by atoms with Crippen LogP contribution in [0.3, 0.4) is 0 Å². The second-order valence-corrected chi connectivity index (χ2v) is 17.5. The highest BCUT2D eigenvalue weighted by Gasteiger charge is 2.63. The number of hydrogen-bond acceptors (Lipinski definition) is 10. The minimum atomic E-state index is -4.01. The highest BCUT2D eigenvalue weighted by atomic mass is 32.2. The molecule has 0 radical (unpaired) electrons. The molecule has 3 aromatic rings.